The predicted molar refractivity (Wildman–Crippen MR) is 102 cm³/mol. The molecular formula is C22H33NO2. The van der Waals surface area contributed by atoms with Crippen molar-refractivity contribution in [3.63, 3.8) is 0 Å². The molecule has 0 spiro atoms. The lowest BCUT2D eigenvalue weighted by atomic mass is 9.68. The summed E-state index contributed by atoms with van der Waals surface area (Å²) in [6, 6.07) is 8.84. The van der Waals surface area contributed by atoms with E-state index < -0.39 is 0 Å². The Morgan fingerprint density at radius 3 is 2.52 bits per heavy atom. The molecule has 2 heterocycles. The van der Waals surface area contributed by atoms with Gasteiger partial charge in [-0.25, -0.2) is 0 Å². The van der Waals surface area contributed by atoms with Crippen LogP contribution in [-0.4, -0.2) is 36.6 Å². The van der Waals surface area contributed by atoms with E-state index in [-0.39, 0.29) is 11.5 Å². The van der Waals surface area contributed by atoms with Gasteiger partial charge < -0.3 is 9.64 Å². The lowest BCUT2D eigenvalue weighted by Gasteiger charge is -2.43. The molecule has 138 valence electrons. The number of aryl methyl sites for hydroxylation is 1. The van der Waals surface area contributed by atoms with Crippen LogP contribution in [0.25, 0.3) is 0 Å². The number of hydrogen-bond donors (Lipinski definition) is 0. The highest BCUT2D eigenvalue weighted by Crippen LogP contribution is 2.42. The van der Waals surface area contributed by atoms with Gasteiger partial charge in [-0.15, -0.1) is 0 Å². The van der Waals surface area contributed by atoms with E-state index in [1.54, 1.807) is 0 Å². The fraction of sp³-hybridized carbons (Fsp3) is 0.682. The lowest BCUT2D eigenvalue weighted by molar-refractivity contribution is -0.135. The highest BCUT2D eigenvalue weighted by Gasteiger charge is 2.42. The number of amides is 1. The number of benzene rings is 1. The molecule has 3 nitrogen and oxygen atoms in total. The third-order valence-electron chi connectivity index (χ3n) is 6.11. The monoisotopic (exact) mass is 343 g/mol. The highest BCUT2D eigenvalue weighted by atomic mass is 16.5. The molecule has 2 atom stereocenters. The maximum absolute atomic E-state index is 13.1. The summed E-state index contributed by atoms with van der Waals surface area (Å²) in [6.07, 6.45) is 6.33. The maximum atomic E-state index is 13.1. The molecule has 1 amide bonds. The first-order chi connectivity index (χ1) is 12.0. The molecule has 0 bridgehead atoms. The van der Waals surface area contributed by atoms with Crippen molar-refractivity contribution in [3.8, 4) is 0 Å². The Morgan fingerprint density at radius 2 is 1.88 bits per heavy atom. The molecule has 0 N–H and O–H groups in total. The van der Waals surface area contributed by atoms with Crippen molar-refractivity contribution in [1.82, 2.24) is 4.90 Å². The van der Waals surface area contributed by atoms with E-state index >= 15 is 0 Å². The number of nitrogens with zero attached hydrogens (tertiary/aromatic N) is 1. The van der Waals surface area contributed by atoms with Gasteiger partial charge in [-0.2, -0.15) is 0 Å². The molecule has 0 saturated carbocycles. The van der Waals surface area contributed by atoms with E-state index in [1.165, 1.54) is 17.5 Å². The highest BCUT2D eigenvalue weighted by molar-refractivity contribution is 5.78. The molecule has 1 aromatic rings. The number of carbonyl (C=O) groups excluding carboxylic acids is 1. The lowest BCUT2D eigenvalue weighted by Crippen LogP contribution is -2.46. The normalized spacial score (nSPS) is 27.5. The minimum atomic E-state index is -0.0740. The Morgan fingerprint density at radius 1 is 1.20 bits per heavy atom. The quantitative estimate of drug-likeness (QED) is 0.807. The van der Waals surface area contributed by atoms with Crippen LogP contribution in [0, 0.1) is 12.8 Å². The van der Waals surface area contributed by atoms with Crippen molar-refractivity contribution in [2.45, 2.75) is 70.8 Å². The molecule has 3 heteroatoms. The standard InChI is InChI=1S/C22H33NO2/c1-17(2)20-15-22(11-14-25-20,19-9-7-18(3)8-10-19)16-21(24)23-12-5-4-6-13-23/h7-10,17,20H,4-6,11-16H2,1-3H3/t20-,22-/m1/s1. The molecular weight excluding hydrogens is 310 g/mol. The van der Waals surface area contributed by atoms with Crippen molar-refractivity contribution < 1.29 is 9.53 Å². The van der Waals surface area contributed by atoms with E-state index in [4.69, 9.17) is 4.74 Å². The summed E-state index contributed by atoms with van der Waals surface area (Å²) in [4.78, 5) is 15.2. The zero-order valence-electron chi connectivity index (χ0n) is 16.1. The Balaban J connectivity index is 1.85. The fourth-order valence-corrected chi connectivity index (χ4v) is 4.36. The number of ether oxygens (including phenoxy) is 1. The summed E-state index contributed by atoms with van der Waals surface area (Å²) >= 11 is 0. The van der Waals surface area contributed by atoms with E-state index in [2.05, 4.69) is 49.9 Å². The Hall–Kier alpha value is -1.35. The van der Waals surface area contributed by atoms with Gasteiger partial charge in [0.25, 0.3) is 0 Å². The van der Waals surface area contributed by atoms with Crippen LogP contribution in [0.1, 0.15) is 63.5 Å². The van der Waals surface area contributed by atoms with Crippen molar-refractivity contribution in [3.05, 3.63) is 35.4 Å². The molecule has 0 unspecified atom stereocenters. The van der Waals surface area contributed by atoms with E-state index in [9.17, 15) is 4.79 Å². The van der Waals surface area contributed by atoms with E-state index in [0.717, 1.165) is 45.4 Å². The second-order valence-electron chi connectivity index (χ2n) is 8.37. The van der Waals surface area contributed by atoms with Crippen molar-refractivity contribution in [2.24, 2.45) is 5.92 Å². The molecule has 25 heavy (non-hydrogen) atoms. The third-order valence-corrected chi connectivity index (χ3v) is 6.11. The van der Waals surface area contributed by atoms with Crippen molar-refractivity contribution in [2.75, 3.05) is 19.7 Å². The molecule has 0 radical (unpaired) electrons. The summed E-state index contributed by atoms with van der Waals surface area (Å²) in [5.41, 5.74) is 2.52. The summed E-state index contributed by atoms with van der Waals surface area (Å²) in [5.74, 6) is 0.819. The van der Waals surface area contributed by atoms with Crippen LogP contribution in [0.4, 0.5) is 0 Å². The number of piperidine rings is 1. The first-order valence-electron chi connectivity index (χ1n) is 9.97. The predicted octanol–water partition coefficient (Wildman–Crippen LogP) is 4.47. The van der Waals surface area contributed by atoms with Crippen LogP contribution in [0.5, 0.6) is 0 Å². The smallest absolute Gasteiger partial charge is 0.223 e. The summed E-state index contributed by atoms with van der Waals surface area (Å²) in [6.45, 7) is 9.20. The first-order valence-corrected chi connectivity index (χ1v) is 9.97. The Labute approximate surface area is 152 Å². The number of hydrogen-bond acceptors (Lipinski definition) is 2. The average molecular weight is 344 g/mol. The Kier molecular flexibility index (Phi) is 5.83. The third kappa shape index (κ3) is 4.25. The molecule has 2 aliphatic rings. The van der Waals surface area contributed by atoms with Crippen molar-refractivity contribution >= 4 is 5.91 Å². The van der Waals surface area contributed by atoms with Gasteiger partial charge in [-0.3, -0.25) is 4.79 Å². The van der Waals surface area contributed by atoms with Gasteiger partial charge in [-0.1, -0.05) is 43.7 Å². The summed E-state index contributed by atoms with van der Waals surface area (Å²) in [7, 11) is 0. The first kappa shape index (κ1) is 18.4. The minimum absolute atomic E-state index is 0.0740. The zero-order valence-corrected chi connectivity index (χ0v) is 16.1. The van der Waals surface area contributed by atoms with Crippen LogP contribution >= 0.6 is 0 Å². The Bertz CT molecular complexity index is 574. The second-order valence-corrected chi connectivity index (χ2v) is 8.37. The average Bonchev–Trinajstić information content (AvgIpc) is 2.63. The maximum Gasteiger partial charge on any atom is 0.223 e. The number of likely N-dealkylation sites (tertiary alicyclic amines) is 1. The second kappa shape index (κ2) is 7.90. The van der Waals surface area contributed by atoms with Crippen LogP contribution < -0.4 is 0 Å². The molecule has 1 aromatic carbocycles. The SMILES string of the molecule is Cc1ccc([C@]2(CC(=O)N3CCCCC3)CCO[C@@H](C(C)C)C2)cc1. The number of rotatable bonds is 4. The van der Waals surface area contributed by atoms with Gasteiger partial charge in [0.05, 0.1) is 6.10 Å². The van der Waals surface area contributed by atoms with Gasteiger partial charge in [-0.05, 0) is 50.5 Å². The van der Waals surface area contributed by atoms with E-state index in [1.807, 2.05) is 0 Å². The summed E-state index contributed by atoms with van der Waals surface area (Å²) in [5, 5.41) is 0. The van der Waals surface area contributed by atoms with Crippen molar-refractivity contribution in [1.29, 1.82) is 0 Å². The van der Waals surface area contributed by atoms with Gasteiger partial charge >= 0.3 is 0 Å². The van der Waals surface area contributed by atoms with Gasteiger partial charge in [0.1, 0.15) is 0 Å². The largest absolute Gasteiger partial charge is 0.378 e. The molecule has 2 fully saturated rings. The number of carbonyl (C=O) groups is 1. The van der Waals surface area contributed by atoms with Gasteiger partial charge in [0.15, 0.2) is 0 Å². The molecule has 3 rings (SSSR count). The molecule has 2 saturated heterocycles. The van der Waals surface area contributed by atoms with Crippen LogP contribution in [0.15, 0.2) is 24.3 Å². The molecule has 2 aliphatic heterocycles. The van der Waals surface area contributed by atoms with Crippen LogP contribution in [0.2, 0.25) is 0 Å². The van der Waals surface area contributed by atoms with Crippen LogP contribution in [-0.2, 0) is 14.9 Å². The fourth-order valence-electron chi connectivity index (χ4n) is 4.36. The minimum Gasteiger partial charge on any atom is -0.378 e. The zero-order chi connectivity index (χ0) is 17.9. The van der Waals surface area contributed by atoms with Gasteiger partial charge in [0, 0.05) is 31.5 Å². The van der Waals surface area contributed by atoms with Gasteiger partial charge in [0.2, 0.25) is 5.91 Å². The molecule has 0 aromatic heterocycles. The molecule has 0 aliphatic carbocycles. The van der Waals surface area contributed by atoms with Crippen LogP contribution in [0.3, 0.4) is 0 Å². The van der Waals surface area contributed by atoms with E-state index in [0.29, 0.717) is 18.2 Å². The summed E-state index contributed by atoms with van der Waals surface area (Å²) < 4.78 is 6.04. The topological polar surface area (TPSA) is 29.5 Å².